The third-order valence-corrected chi connectivity index (χ3v) is 15.7. The molecule has 1 spiro atoms. The zero-order valence-corrected chi connectivity index (χ0v) is 39.5. The summed E-state index contributed by atoms with van der Waals surface area (Å²) in [5.41, 5.74) is 3.65. The highest BCUT2D eigenvalue weighted by atomic mass is 32.2. The SMILES string of the molecule is CC(C)Oc1ccccc1[C@@H]1CN(C)CCN1C1CC2(CCN(c3ccc(C(=O)NS(=O)(=O)c4cc([N+](=O)[O-])c(NCC5CCOCC5)nn4)c(N4CCOc5nc6[nH]ccc6cc54)c3)CC2)C1. The second-order valence-electron chi connectivity index (χ2n) is 19.2. The summed E-state index contributed by atoms with van der Waals surface area (Å²) in [7, 11) is -2.53. The lowest BCUT2D eigenvalue weighted by Gasteiger charge is -2.58. The molecule has 20 heteroatoms. The number of nitro groups is 1. The van der Waals surface area contributed by atoms with Crippen molar-refractivity contribution in [2.75, 3.05) is 87.8 Å². The maximum absolute atomic E-state index is 14.3. The second kappa shape index (κ2) is 18.8. The Labute approximate surface area is 395 Å². The van der Waals surface area contributed by atoms with Crippen LogP contribution >= 0.6 is 0 Å². The Balaban J connectivity index is 0.882. The molecule has 2 aromatic carbocycles. The maximum Gasteiger partial charge on any atom is 0.316 e. The van der Waals surface area contributed by atoms with Crippen LogP contribution in [0, 0.1) is 21.4 Å². The predicted octanol–water partition coefficient (Wildman–Crippen LogP) is 6.27. The summed E-state index contributed by atoms with van der Waals surface area (Å²) >= 11 is 0. The van der Waals surface area contributed by atoms with E-state index in [2.05, 4.69) is 85.1 Å². The van der Waals surface area contributed by atoms with Crippen LogP contribution in [0.15, 0.2) is 71.9 Å². The van der Waals surface area contributed by atoms with Gasteiger partial charge in [0.05, 0.1) is 40.9 Å². The molecule has 1 atom stereocenters. The number of piperazine rings is 1. The van der Waals surface area contributed by atoms with Crippen LogP contribution < -0.4 is 29.3 Å². The minimum absolute atomic E-state index is 0.0777. The van der Waals surface area contributed by atoms with Crippen LogP contribution in [-0.2, 0) is 14.8 Å². The Hall–Kier alpha value is -6.09. The van der Waals surface area contributed by atoms with Gasteiger partial charge < -0.3 is 39.2 Å². The molecule has 10 rings (SSSR count). The zero-order valence-electron chi connectivity index (χ0n) is 38.7. The van der Waals surface area contributed by atoms with Gasteiger partial charge in [0, 0.05) is 81.4 Å². The number of ether oxygens (including phenoxy) is 3. The summed E-state index contributed by atoms with van der Waals surface area (Å²) in [5.74, 6) is 0.468. The van der Waals surface area contributed by atoms with E-state index in [0.717, 1.165) is 94.1 Å². The van der Waals surface area contributed by atoms with Crippen molar-refractivity contribution in [3.05, 3.63) is 88.1 Å². The number of nitrogens with zero attached hydrogens (tertiary/aromatic N) is 8. The number of aromatic amines is 1. The van der Waals surface area contributed by atoms with Gasteiger partial charge in [-0.1, -0.05) is 18.2 Å². The van der Waals surface area contributed by atoms with Crippen molar-refractivity contribution in [2.45, 2.75) is 75.6 Å². The molecule has 5 aliphatic rings. The minimum atomic E-state index is -4.73. The molecule has 68 heavy (non-hydrogen) atoms. The number of fused-ring (bicyclic) bond motifs is 2. The highest BCUT2D eigenvalue weighted by Gasteiger charge is 2.50. The number of aromatic nitrogens is 4. The van der Waals surface area contributed by atoms with Gasteiger partial charge in [0.1, 0.15) is 23.7 Å². The number of amides is 1. The van der Waals surface area contributed by atoms with Crippen LogP contribution in [-0.4, -0.2) is 134 Å². The first-order valence-corrected chi connectivity index (χ1v) is 25.2. The number of hydrogen-bond acceptors (Lipinski definition) is 16. The summed E-state index contributed by atoms with van der Waals surface area (Å²) < 4.78 is 47.5. The van der Waals surface area contributed by atoms with E-state index in [0.29, 0.717) is 55.2 Å². The lowest BCUT2D eigenvalue weighted by atomic mass is 9.59. The van der Waals surface area contributed by atoms with E-state index in [1.807, 2.05) is 29.2 Å². The fourth-order valence-corrected chi connectivity index (χ4v) is 11.6. The lowest BCUT2D eigenvalue weighted by molar-refractivity contribution is -0.384. The Morgan fingerprint density at radius 2 is 1.78 bits per heavy atom. The summed E-state index contributed by atoms with van der Waals surface area (Å²) in [5, 5.41) is 22.9. The van der Waals surface area contributed by atoms with Gasteiger partial charge in [-0.3, -0.25) is 19.8 Å². The van der Waals surface area contributed by atoms with Crippen LogP contribution in [0.2, 0.25) is 0 Å². The highest BCUT2D eigenvalue weighted by Crippen LogP contribution is 2.53. The number of hydrogen-bond donors (Lipinski definition) is 3. The van der Waals surface area contributed by atoms with Crippen molar-refractivity contribution < 1.29 is 32.3 Å². The third-order valence-electron chi connectivity index (χ3n) is 14.5. The second-order valence-corrected chi connectivity index (χ2v) is 20.9. The smallest absolute Gasteiger partial charge is 0.316 e. The van der Waals surface area contributed by atoms with Crippen LogP contribution in [0.3, 0.4) is 0 Å². The summed E-state index contributed by atoms with van der Waals surface area (Å²) in [6, 6.07) is 19.3. The number of rotatable bonds is 13. The Kier molecular flexibility index (Phi) is 12.6. The van der Waals surface area contributed by atoms with E-state index in [4.69, 9.17) is 19.2 Å². The number of carbonyl (C=O) groups excluding carboxylic acids is 1. The quantitative estimate of drug-likeness (QED) is 0.0876. The number of piperidine rings is 1. The van der Waals surface area contributed by atoms with E-state index in [-0.39, 0.29) is 41.5 Å². The number of sulfonamides is 1. The normalized spacial score (nSPS) is 20.5. The number of para-hydroxylation sites is 1. The first kappa shape index (κ1) is 45.7. The summed E-state index contributed by atoms with van der Waals surface area (Å²) in [6.07, 6.45) is 7.77. The molecule has 5 aromatic rings. The van der Waals surface area contributed by atoms with Crippen molar-refractivity contribution >= 4 is 55.5 Å². The average molecular weight is 950 g/mol. The average Bonchev–Trinajstić information content (AvgIpc) is 3.79. The first-order valence-electron chi connectivity index (χ1n) is 23.7. The molecule has 3 aromatic heterocycles. The number of carbonyl (C=O) groups is 1. The number of H-pyrrole nitrogens is 1. The lowest BCUT2D eigenvalue weighted by Crippen LogP contribution is -2.59. The molecule has 0 bridgehead atoms. The van der Waals surface area contributed by atoms with Crippen LogP contribution in [0.25, 0.3) is 11.0 Å². The predicted molar refractivity (Wildman–Crippen MR) is 256 cm³/mol. The van der Waals surface area contributed by atoms with Gasteiger partial charge in [0.15, 0.2) is 0 Å². The molecular weight excluding hydrogens is 891 g/mol. The molecule has 7 heterocycles. The third kappa shape index (κ3) is 9.25. The molecule has 0 radical (unpaired) electrons. The van der Waals surface area contributed by atoms with E-state index < -0.39 is 31.6 Å². The van der Waals surface area contributed by atoms with Crippen molar-refractivity contribution in [1.29, 1.82) is 0 Å². The van der Waals surface area contributed by atoms with E-state index in [1.165, 1.54) is 5.56 Å². The molecule has 19 nitrogen and oxygen atoms in total. The molecule has 4 fully saturated rings. The number of anilines is 4. The molecule has 3 N–H and O–H groups in total. The molecular formula is C48H59N11O8S. The topological polar surface area (TPSA) is 214 Å². The van der Waals surface area contributed by atoms with Gasteiger partial charge in [-0.05, 0) is 107 Å². The molecule has 360 valence electrons. The van der Waals surface area contributed by atoms with Crippen LogP contribution in [0.5, 0.6) is 11.6 Å². The molecule has 0 unspecified atom stereocenters. The van der Waals surface area contributed by atoms with E-state index in [9.17, 15) is 23.3 Å². The monoisotopic (exact) mass is 949 g/mol. The van der Waals surface area contributed by atoms with Crippen LogP contribution in [0.1, 0.15) is 74.3 Å². The summed E-state index contributed by atoms with van der Waals surface area (Å²) in [6.45, 7) is 11.0. The zero-order chi connectivity index (χ0) is 47.2. The number of nitrogens with one attached hydrogen (secondary N) is 3. The Morgan fingerprint density at radius 3 is 2.56 bits per heavy atom. The Bertz CT molecular complexity index is 2780. The fourth-order valence-electron chi connectivity index (χ4n) is 10.8. The highest BCUT2D eigenvalue weighted by molar-refractivity contribution is 7.90. The van der Waals surface area contributed by atoms with Crippen molar-refractivity contribution in [1.82, 2.24) is 34.7 Å². The molecule has 1 aliphatic carbocycles. The molecule has 4 aliphatic heterocycles. The minimum Gasteiger partial charge on any atom is -0.491 e. The molecule has 1 saturated carbocycles. The fraction of sp³-hybridized carbons (Fsp3) is 0.500. The number of pyridine rings is 1. The van der Waals surface area contributed by atoms with Gasteiger partial charge >= 0.3 is 5.69 Å². The molecule has 3 saturated heterocycles. The van der Waals surface area contributed by atoms with Gasteiger partial charge in [-0.25, -0.2) is 4.72 Å². The van der Waals surface area contributed by atoms with Gasteiger partial charge in [-0.2, -0.15) is 13.4 Å². The largest absolute Gasteiger partial charge is 0.491 e. The van der Waals surface area contributed by atoms with Gasteiger partial charge in [0.25, 0.3) is 15.9 Å². The van der Waals surface area contributed by atoms with E-state index >= 15 is 0 Å². The number of likely N-dealkylation sites (N-methyl/N-ethyl adjacent to an activating group) is 1. The van der Waals surface area contributed by atoms with Gasteiger partial charge in [0.2, 0.25) is 16.7 Å². The van der Waals surface area contributed by atoms with E-state index in [1.54, 1.807) is 12.3 Å². The van der Waals surface area contributed by atoms with Crippen molar-refractivity contribution in [2.24, 2.45) is 11.3 Å². The standard InChI is InChI=1S/C48H59N11O8S/c1-31(2)67-42-7-5-4-6-36(42)41-30-55(3)18-19-57(41)35-27-48(28-35)13-16-56(17-14-48)34-8-9-37(38(25-34)58-20-23-66-47-40(58)24-33-10-15-49-44(33)51-47)46(60)54-68(63,64)43-26-39(59(61)62)45(53-52-43)50-29-32-11-21-65-22-12-32/h4-10,15,24-26,31-32,35,41H,11-14,16-23,27-30H2,1-3H3,(H,49,51)(H,50,53)(H,54,60)/t41-/m0/s1. The van der Waals surface area contributed by atoms with Crippen LogP contribution in [0.4, 0.5) is 28.6 Å². The Morgan fingerprint density at radius 1 is 0.985 bits per heavy atom. The van der Waals surface area contributed by atoms with Gasteiger partial charge in [-0.15, -0.1) is 10.2 Å². The van der Waals surface area contributed by atoms with Crippen molar-refractivity contribution in [3.8, 4) is 11.6 Å². The summed E-state index contributed by atoms with van der Waals surface area (Å²) in [4.78, 5) is 43.0. The number of benzene rings is 2. The molecule has 1 amide bonds. The first-order chi connectivity index (χ1) is 32.8. The van der Waals surface area contributed by atoms with Crippen molar-refractivity contribution in [3.63, 3.8) is 0 Å². The maximum atomic E-state index is 14.3.